The first-order valence-corrected chi connectivity index (χ1v) is 4.11. The van der Waals surface area contributed by atoms with E-state index in [9.17, 15) is 4.32 Å². The average molecular weight is 133 g/mol. The lowest BCUT2D eigenvalue weighted by Crippen LogP contribution is -1.98. The van der Waals surface area contributed by atoms with Crippen LogP contribution in [0.25, 0.3) is 0 Å². The molecule has 0 amide bonds. The number of hydrogen-bond acceptors (Lipinski definition) is 1. The van der Waals surface area contributed by atoms with Gasteiger partial charge < -0.3 is 4.32 Å². The van der Waals surface area contributed by atoms with Gasteiger partial charge in [-0.15, -0.1) is 0 Å². The van der Waals surface area contributed by atoms with Crippen LogP contribution in [0.4, 0.5) is 4.32 Å². The molecule has 47 valence electrons. The smallest absolute Gasteiger partial charge is 0.343 e. The first-order chi connectivity index (χ1) is 3.81. The number of hydrogen-bond donors (Lipinski definition) is 0. The Morgan fingerprint density at radius 3 is 2.75 bits per heavy atom. The van der Waals surface area contributed by atoms with Crippen LogP contribution < -0.4 is 0 Å². The minimum Gasteiger partial charge on any atom is -0.343 e. The van der Waals surface area contributed by atoms with Crippen molar-refractivity contribution in [2.75, 3.05) is 12.0 Å². The Morgan fingerprint density at radius 1 is 1.75 bits per heavy atom. The van der Waals surface area contributed by atoms with Crippen molar-refractivity contribution in [3.05, 3.63) is 0 Å². The molecule has 0 heterocycles. The van der Waals surface area contributed by atoms with E-state index < -0.39 is 0 Å². The molecule has 0 rings (SSSR count). The summed E-state index contributed by atoms with van der Waals surface area (Å²) in [5.41, 5.74) is 0. The third-order valence-electron chi connectivity index (χ3n) is 0.943. The Kier molecular flexibility index (Phi) is 5.72. The maximum absolute atomic E-state index is 11.4. The Morgan fingerprint density at radius 2 is 2.38 bits per heavy atom. The monoisotopic (exact) mass is 133 g/mol. The lowest BCUT2D eigenvalue weighted by molar-refractivity contribution is 0.713. The second-order valence-electron chi connectivity index (χ2n) is 1.95. The van der Waals surface area contributed by atoms with E-state index in [4.69, 9.17) is 0 Å². The van der Waals surface area contributed by atoms with Crippen LogP contribution in [0.2, 0.25) is 6.32 Å². The first-order valence-electron chi connectivity index (χ1n) is 2.72. The van der Waals surface area contributed by atoms with Crippen molar-refractivity contribution in [3.8, 4) is 0 Å². The highest BCUT2D eigenvalue weighted by molar-refractivity contribution is 7.98. The van der Waals surface area contributed by atoms with Gasteiger partial charge in [0.1, 0.15) is 0 Å². The van der Waals surface area contributed by atoms with Crippen molar-refractivity contribution < 1.29 is 4.32 Å². The zero-order valence-corrected chi connectivity index (χ0v) is 6.17. The Hall–Kier alpha value is 0.345. The van der Waals surface area contributed by atoms with Crippen molar-refractivity contribution in [1.82, 2.24) is 0 Å². The largest absolute Gasteiger partial charge is 0.354 e. The maximum atomic E-state index is 11.4. The van der Waals surface area contributed by atoms with Gasteiger partial charge in [0.25, 0.3) is 0 Å². The highest BCUT2D eigenvalue weighted by Gasteiger charge is 2.00. The third kappa shape index (κ3) is 4.50. The molecule has 0 nitrogen and oxygen atoms in total. The first kappa shape index (κ1) is 8.34. The molecule has 0 unspecified atom stereocenters. The van der Waals surface area contributed by atoms with Gasteiger partial charge in [-0.25, -0.2) is 0 Å². The molecule has 0 saturated carbocycles. The lowest BCUT2D eigenvalue weighted by atomic mass is 9.90. The summed E-state index contributed by atoms with van der Waals surface area (Å²) in [6.07, 6.45) is 2.63. The molecule has 0 aliphatic heterocycles. The maximum Gasteiger partial charge on any atom is 0.354 e. The van der Waals surface area contributed by atoms with Gasteiger partial charge in [-0.3, -0.25) is 0 Å². The number of rotatable bonds is 4. The molecule has 0 fully saturated rings. The molecular weight excluding hydrogens is 122 g/mol. The van der Waals surface area contributed by atoms with Gasteiger partial charge in [0.15, 0.2) is 0 Å². The summed E-state index contributed by atoms with van der Waals surface area (Å²) < 4.78 is 11.4. The number of halogens is 1. The van der Waals surface area contributed by atoms with E-state index in [1.807, 2.05) is 13.2 Å². The molecule has 0 aromatic rings. The Bertz CT molecular complexity index is 45.7. The fraction of sp³-hybridized carbons (Fsp3) is 1.00. The van der Waals surface area contributed by atoms with Crippen LogP contribution in [-0.2, 0) is 0 Å². The molecule has 0 spiro atoms. The summed E-state index contributed by atoms with van der Waals surface area (Å²) in [5.74, 6) is 1.55. The fourth-order valence-corrected chi connectivity index (χ4v) is 1.21. The predicted molar refractivity (Wildman–Crippen MR) is 39.2 cm³/mol. The highest BCUT2D eigenvalue weighted by Crippen LogP contribution is 2.08. The molecule has 0 bridgehead atoms. The molecular formula is C5H11BFS. The van der Waals surface area contributed by atoms with Crippen molar-refractivity contribution in [2.24, 2.45) is 5.92 Å². The molecule has 3 heteroatoms. The minimum atomic E-state index is 0.495. The Balaban J connectivity index is 2.92. The topological polar surface area (TPSA) is 0 Å². The molecule has 0 aliphatic rings. The molecule has 1 radical (unpaired) electrons. The standard InChI is InChI=1S/C5H11BFS/c1-5(3-6-7)4-8-2/h5H,3-4H2,1-2H3/t5-/m1/s1. The lowest BCUT2D eigenvalue weighted by Gasteiger charge is -2.03. The zero-order chi connectivity index (χ0) is 6.41. The van der Waals surface area contributed by atoms with Gasteiger partial charge >= 0.3 is 7.56 Å². The van der Waals surface area contributed by atoms with Crippen LogP contribution in [0, 0.1) is 5.92 Å². The van der Waals surface area contributed by atoms with Crippen LogP contribution in [0.3, 0.4) is 0 Å². The van der Waals surface area contributed by atoms with E-state index in [0.717, 1.165) is 13.3 Å². The van der Waals surface area contributed by atoms with E-state index in [2.05, 4.69) is 0 Å². The van der Waals surface area contributed by atoms with Gasteiger partial charge in [0, 0.05) is 0 Å². The summed E-state index contributed by atoms with van der Waals surface area (Å²) in [6.45, 7) is 2.05. The second kappa shape index (κ2) is 5.48. The highest BCUT2D eigenvalue weighted by atomic mass is 32.2. The summed E-state index contributed by atoms with van der Waals surface area (Å²) in [6, 6.07) is 0. The Labute approximate surface area is 55.5 Å². The fourth-order valence-electron chi connectivity index (χ4n) is 0.505. The van der Waals surface area contributed by atoms with Crippen LogP contribution in [-0.4, -0.2) is 19.6 Å². The molecule has 0 N–H and O–H groups in total. The molecule has 0 aliphatic carbocycles. The average Bonchev–Trinajstić information content (AvgIpc) is 1.68. The zero-order valence-electron chi connectivity index (χ0n) is 5.36. The van der Waals surface area contributed by atoms with Crippen molar-refractivity contribution >= 4 is 19.3 Å². The predicted octanol–water partition coefficient (Wildman–Crippen LogP) is 1.99. The number of thioether (sulfide) groups is 1. The summed E-state index contributed by atoms with van der Waals surface area (Å²) >= 11 is 1.76. The van der Waals surface area contributed by atoms with Crippen LogP contribution in [0.15, 0.2) is 0 Å². The van der Waals surface area contributed by atoms with E-state index in [1.54, 1.807) is 11.8 Å². The van der Waals surface area contributed by atoms with E-state index >= 15 is 0 Å². The third-order valence-corrected chi connectivity index (χ3v) is 1.85. The summed E-state index contributed by atoms with van der Waals surface area (Å²) in [5, 5.41) is 0. The quantitative estimate of drug-likeness (QED) is 0.528. The van der Waals surface area contributed by atoms with Crippen LogP contribution in [0.1, 0.15) is 6.92 Å². The second-order valence-corrected chi connectivity index (χ2v) is 2.86. The van der Waals surface area contributed by atoms with E-state index in [1.165, 1.54) is 0 Å². The van der Waals surface area contributed by atoms with Gasteiger partial charge in [-0.05, 0) is 24.2 Å². The van der Waals surface area contributed by atoms with Crippen LogP contribution in [0.5, 0.6) is 0 Å². The van der Waals surface area contributed by atoms with Gasteiger partial charge in [0.05, 0.1) is 0 Å². The van der Waals surface area contributed by atoms with E-state index in [-0.39, 0.29) is 0 Å². The molecule has 8 heavy (non-hydrogen) atoms. The van der Waals surface area contributed by atoms with Gasteiger partial charge in [-0.1, -0.05) is 6.92 Å². The normalized spacial score (nSPS) is 13.4. The molecule has 0 aromatic carbocycles. The van der Waals surface area contributed by atoms with Crippen molar-refractivity contribution in [1.29, 1.82) is 0 Å². The SMILES string of the molecule is CSC[C@H](C)C[B]F. The van der Waals surface area contributed by atoms with E-state index in [0.29, 0.717) is 12.2 Å². The van der Waals surface area contributed by atoms with Crippen molar-refractivity contribution in [3.63, 3.8) is 0 Å². The minimum absolute atomic E-state index is 0.495. The van der Waals surface area contributed by atoms with Crippen LogP contribution >= 0.6 is 11.8 Å². The summed E-state index contributed by atoms with van der Waals surface area (Å²) in [4.78, 5) is 0. The molecule has 0 aromatic heterocycles. The van der Waals surface area contributed by atoms with Gasteiger partial charge in [-0.2, -0.15) is 11.8 Å². The van der Waals surface area contributed by atoms with Gasteiger partial charge in [0.2, 0.25) is 0 Å². The molecule has 0 saturated heterocycles. The van der Waals surface area contributed by atoms with Crippen molar-refractivity contribution in [2.45, 2.75) is 13.2 Å². The summed E-state index contributed by atoms with van der Waals surface area (Å²) in [7, 11) is 0.737. The molecule has 1 atom stereocenters.